The molecule has 5 heteroatoms. The molecule has 140 valence electrons. The van der Waals surface area contributed by atoms with E-state index in [0.717, 1.165) is 38.5 Å². The van der Waals surface area contributed by atoms with Crippen molar-refractivity contribution in [2.45, 2.75) is 20.5 Å². The molecule has 1 heterocycles. The summed E-state index contributed by atoms with van der Waals surface area (Å²) in [5.41, 5.74) is 6.15. The van der Waals surface area contributed by atoms with Crippen molar-refractivity contribution in [3.8, 4) is 5.75 Å². The lowest BCUT2D eigenvalue weighted by atomic mass is 10.0. The summed E-state index contributed by atoms with van der Waals surface area (Å²) in [6.45, 7) is 4.57. The zero-order valence-electron chi connectivity index (χ0n) is 15.8. The van der Waals surface area contributed by atoms with Gasteiger partial charge in [0.1, 0.15) is 12.4 Å². The summed E-state index contributed by atoms with van der Waals surface area (Å²) in [6, 6.07) is 22.5. The van der Waals surface area contributed by atoms with Gasteiger partial charge in [-0.1, -0.05) is 60.7 Å². The SMILES string of the molecule is Cc1nc(N/N=C/c2c(OCc3ccccc3)ccc3ccccc23)sc1C. The molecule has 1 N–H and O–H groups in total. The fraction of sp³-hybridized carbons (Fsp3) is 0.130. The van der Waals surface area contributed by atoms with Gasteiger partial charge in [0.05, 0.1) is 11.9 Å². The first kappa shape index (κ1) is 18.2. The number of hydrogen-bond donors (Lipinski definition) is 1. The van der Waals surface area contributed by atoms with Crippen LogP contribution in [0.3, 0.4) is 0 Å². The third-order valence-corrected chi connectivity index (χ3v) is 5.53. The highest BCUT2D eigenvalue weighted by Crippen LogP contribution is 2.28. The number of hydrazone groups is 1. The predicted octanol–water partition coefficient (Wildman–Crippen LogP) is 5.94. The van der Waals surface area contributed by atoms with Crippen LogP contribution in [0.5, 0.6) is 5.75 Å². The van der Waals surface area contributed by atoms with E-state index < -0.39 is 0 Å². The van der Waals surface area contributed by atoms with Crippen molar-refractivity contribution in [3.05, 3.63) is 88.4 Å². The predicted molar refractivity (Wildman–Crippen MR) is 118 cm³/mol. The van der Waals surface area contributed by atoms with Crippen LogP contribution in [0.4, 0.5) is 5.13 Å². The zero-order valence-corrected chi connectivity index (χ0v) is 16.7. The van der Waals surface area contributed by atoms with Gasteiger partial charge in [-0.15, -0.1) is 11.3 Å². The fourth-order valence-electron chi connectivity index (χ4n) is 2.94. The third-order valence-electron chi connectivity index (χ3n) is 4.55. The Kier molecular flexibility index (Phi) is 5.35. The van der Waals surface area contributed by atoms with Crippen LogP contribution in [-0.4, -0.2) is 11.2 Å². The Morgan fingerprint density at radius 3 is 2.57 bits per heavy atom. The summed E-state index contributed by atoms with van der Waals surface area (Å²) in [5.74, 6) is 0.805. The van der Waals surface area contributed by atoms with Crippen LogP contribution in [0.2, 0.25) is 0 Å². The fourth-order valence-corrected chi connectivity index (χ4v) is 3.71. The molecule has 4 aromatic rings. The number of aromatic nitrogens is 1. The molecule has 1 aromatic heterocycles. The summed E-state index contributed by atoms with van der Waals surface area (Å²) in [4.78, 5) is 5.65. The molecule has 0 saturated carbocycles. The molecular weight excluding hydrogens is 366 g/mol. The van der Waals surface area contributed by atoms with Crippen molar-refractivity contribution in [1.82, 2.24) is 4.98 Å². The minimum atomic E-state index is 0.512. The van der Waals surface area contributed by atoms with Crippen LogP contribution in [0.1, 0.15) is 21.7 Å². The monoisotopic (exact) mass is 387 g/mol. The number of fused-ring (bicyclic) bond motifs is 1. The van der Waals surface area contributed by atoms with Crippen molar-refractivity contribution < 1.29 is 4.74 Å². The Morgan fingerprint density at radius 2 is 1.79 bits per heavy atom. The number of rotatable bonds is 6. The first-order chi connectivity index (χ1) is 13.7. The maximum atomic E-state index is 6.13. The molecule has 0 amide bonds. The van der Waals surface area contributed by atoms with Crippen molar-refractivity contribution in [1.29, 1.82) is 0 Å². The maximum absolute atomic E-state index is 6.13. The molecule has 0 aliphatic carbocycles. The van der Waals surface area contributed by atoms with Crippen LogP contribution >= 0.6 is 11.3 Å². The largest absolute Gasteiger partial charge is 0.488 e. The number of anilines is 1. The van der Waals surface area contributed by atoms with Crippen LogP contribution in [0.15, 0.2) is 71.8 Å². The lowest BCUT2D eigenvalue weighted by molar-refractivity contribution is 0.306. The van der Waals surface area contributed by atoms with E-state index in [0.29, 0.717) is 6.61 Å². The number of aryl methyl sites for hydroxylation is 2. The topological polar surface area (TPSA) is 46.5 Å². The molecule has 4 rings (SSSR count). The molecule has 0 spiro atoms. The third kappa shape index (κ3) is 4.05. The molecule has 28 heavy (non-hydrogen) atoms. The Morgan fingerprint density at radius 1 is 1.00 bits per heavy atom. The van der Waals surface area contributed by atoms with E-state index in [4.69, 9.17) is 4.74 Å². The van der Waals surface area contributed by atoms with Crippen molar-refractivity contribution in [3.63, 3.8) is 0 Å². The van der Waals surface area contributed by atoms with Gasteiger partial charge in [-0.05, 0) is 36.2 Å². The second-order valence-electron chi connectivity index (χ2n) is 6.50. The summed E-state index contributed by atoms with van der Waals surface area (Å²) in [7, 11) is 0. The molecule has 3 aromatic carbocycles. The van der Waals surface area contributed by atoms with Gasteiger partial charge >= 0.3 is 0 Å². The second kappa shape index (κ2) is 8.23. The van der Waals surface area contributed by atoms with Gasteiger partial charge in [-0.2, -0.15) is 5.10 Å². The number of ether oxygens (including phenoxy) is 1. The lowest BCUT2D eigenvalue weighted by Crippen LogP contribution is -2.00. The van der Waals surface area contributed by atoms with Crippen LogP contribution in [0.25, 0.3) is 10.8 Å². The standard InChI is InChI=1S/C23H21N3OS/c1-16-17(2)28-23(25-16)26-24-14-21-20-11-7-6-10-19(20)12-13-22(21)27-15-18-8-4-3-5-9-18/h3-14H,15H2,1-2H3,(H,25,26)/b24-14+. The number of nitrogens with one attached hydrogen (secondary N) is 1. The minimum absolute atomic E-state index is 0.512. The zero-order chi connectivity index (χ0) is 19.3. The van der Waals surface area contributed by atoms with Gasteiger partial charge < -0.3 is 4.74 Å². The average Bonchev–Trinajstić information content (AvgIpc) is 3.05. The first-order valence-electron chi connectivity index (χ1n) is 9.12. The van der Waals surface area contributed by atoms with Crippen molar-refractivity contribution >= 4 is 33.5 Å². The summed E-state index contributed by atoms with van der Waals surface area (Å²) >= 11 is 1.60. The summed E-state index contributed by atoms with van der Waals surface area (Å²) in [5, 5.41) is 7.47. The number of benzene rings is 3. The van der Waals surface area contributed by atoms with Gasteiger partial charge in [-0.25, -0.2) is 4.98 Å². The molecule has 0 bridgehead atoms. The van der Waals surface area contributed by atoms with E-state index in [-0.39, 0.29) is 0 Å². The first-order valence-corrected chi connectivity index (χ1v) is 9.94. The van der Waals surface area contributed by atoms with Gasteiger partial charge in [0.15, 0.2) is 0 Å². The van der Waals surface area contributed by atoms with Crippen LogP contribution in [-0.2, 0) is 6.61 Å². The summed E-state index contributed by atoms with van der Waals surface area (Å²) < 4.78 is 6.13. The van der Waals surface area contributed by atoms with Gasteiger partial charge in [0.2, 0.25) is 5.13 Å². The number of nitrogens with zero attached hydrogens (tertiary/aromatic N) is 2. The highest BCUT2D eigenvalue weighted by molar-refractivity contribution is 7.15. The van der Waals surface area contributed by atoms with E-state index in [1.54, 1.807) is 11.3 Å². The molecular formula is C23H21N3OS. The smallest absolute Gasteiger partial charge is 0.203 e. The Hall–Kier alpha value is -3.18. The molecule has 0 fully saturated rings. The van der Waals surface area contributed by atoms with Crippen LogP contribution < -0.4 is 10.2 Å². The van der Waals surface area contributed by atoms with Gasteiger partial charge in [0.25, 0.3) is 0 Å². The second-order valence-corrected chi connectivity index (χ2v) is 7.71. The number of hydrogen-bond acceptors (Lipinski definition) is 5. The van der Waals surface area contributed by atoms with E-state index in [1.807, 2.05) is 49.5 Å². The molecule has 0 aliphatic rings. The van der Waals surface area contributed by atoms with E-state index in [1.165, 1.54) is 4.88 Å². The Balaban J connectivity index is 1.62. The molecule has 4 nitrogen and oxygen atoms in total. The van der Waals surface area contributed by atoms with Crippen molar-refractivity contribution in [2.24, 2.45) is 5.10 Å². The van der Waals surface area contributed by atoms with Crippen molar-refractivity contribution in [2.75, 3.05) is 5.43 Å². The molecule has 0 aliphatic heterocycles. The Bertz CT molecular complexity index is 1100. The molecule has 0 atom stereocenters. The highest BCUT2D eigenvalue weighted by Gasteiger charge is 2.08. The molecule has 0 radical (unpaired) electrons. The average molecular weight is 388 g/mol. The van der Waals surface area contributed by atoms with Gasteiger partial charge in [0, 0.05) is 10.4 Å². The quantitative estimate of drug-likeness (QED) is 0.329. The maximum Gasteiger partial charge on any atom is 0.203 e. The van der Waals surface area contributed by atoms with E-state index in [9.17, 15) is 0 Å². The summed E-state index contributed by atoms with van der Waals surface area (Å²) in [6.07, 6.45) is 1.81. The highest BCUT2D eigenvalue weighted by atomic mass is 32.1. The number of thiazole rings is 1. The van der Waals surface area contributed by atoms with Crippen LogP contribution in [0, 0.1) is 13.8 Å². The van der Waals surface area contributed by atoms with E-state index in [2.05, 4.69) is 52.8 Å². The van der Waals surface area contributed by atoms with E-state index >= 15 is 0 Å². The minimum Gasteiger partial charge on any atom is -0.488 e. The van der Waals surface area contributed by atoms with Gasteiger partial charge in [-0.3, -0.25) is 5.43 Å². The molecule has 0 unspecified atom stereocenters. The Labute approximate surface area is 168 Å². The molecule has 0 saturated heterocycles. The lowest BCUT2D eigenvalue weighted by Gasteiger charge is -2.12. The normalized spacial score (nSPS) is 11.2.